The second-order valence-electron chi connectivity index (χ2n) is 6.32. The Labute approximate surface area is 136 Å². The number of hydrogen-bond acceptors (Lipinski definition) is 3. The molecule has 0 saturated carbocycles. The molecule has 1 aromatic heterocycles. The van der Waals surface area contributed by atoms with Crippen LogP contribution in [0.5, 0.6) is 0 Å². The Balaban J connectivity index is 1.89. The highest BCUT2D eigenvalue weighted by Gasteiger charge is 2.15. The van der Waals surface area contributed by atoms with Crippen LogP contribution in [0.2, 0.25) is 0 Å². The Kier molecular flexibility index (Phi) is 5.11. The van der Waals surface area contributed by atoms with Gasteiger partial charge in [0, 0.05) is 24.6 Å². The number of rotatable bonds is 3. The Morgan fingerprint density at radius 2 is 1.57 bits per heavy atom. The molecule has 0 aliphatic rings. The van der Waals surface area contributed by atoms with Crippen LogP contribution in [0.25, 0.3) is 0 Å². The summed E-state index contributed by atoms with van der Waals surface area (Å²) in [6, 6.07) is 11.1. The summed E-state index contributed by atoms with van der Waals surface area (Å²) in [4.78, 5) is 27.6. The summed E-state index contributed by atoms with van der Waals surface area (Å²) in [6.07, 6.45) is 3.27. The van der Waals surface area contributed by atoms with Crippen molar-refractivity contribution < 1.29 is 9.59 Å². The molecule has 0 fully saturated rings. The van der Waals surface area contributed by atoms with Crippen LogP contribution in [-0.2, 0) is 21.5 Å². The normalized spacial score (nSPS) is 10.9. The van der Waals surface area contributed by atoms with Crippen LogP contribution in [0.1, 0.15) is 31.9 Å². The van der Waals surface area contributed by atoms with Crippen molar-refractivity contribution in [2.45, 2.75) is 32.7 Å². The number of aromatic nitrogens is 1. The van der Waals surface area contributed by atoms with Crippen molar-refractivity contribution >= 4 is 17.5 Å². The molecular weight excluding hydrogens is 290 g/mol. The summed E-state index contributed by atoms with van der Waals surface area (Å²) in [6.45, 7) is 6.64. The molecule has 0 aliphatic heterocycles. The minimum absolute atomic E-state index is 0.0461. The number of carbonyl (C=O) groups is 2. The van der Waals surface area contributed by atoms with Gasteiger partial charge in [0.15, 0.2) is 0 Å². The van der Waals surface area contributed by atoms with E-state index in [9.17, 15) is 9.59 Å². The maximum absolute atomic E-state index is 11.9. The van der Waals surface area contributed by atoms with E-state index in [1.807, 2.05) is 12.1 Å². The van der Waals surface area contributed by atoms with Crippen molar-refractivity contribution in [3.8, 4) is 0 Å². The molecule has 2 N–H and O–H groups in total. The number of pyridine rings is 1. The first-order valence-corrected chi connectivity index (χ1v) is 7.45. The summed E-state index contributed by atoms with van der Waals surface area (Å²) >= 11 is 0. The maximum Gasteiger partial charge on any atom is 0.313 e. The maximum atomic E-state index is 11.9. The summed E-state index contributed by atoms with van der Waals surface area (Å²) in [5, 5.41) is 5.17. The van der Waals surface area contributed by atoms with Gasteiger partial charge >= 0.3 is 11.8 Å². The van der Waals surface area contributed by atoms with Crippen LogP contribution >= 0.6 is 0 Å². The summed E-state index contributed by atoms with van der Waals surface area (Å²) < 4.78 is 0. The first kappa shape index (κ1) is 16.7. The second-order valence-corrected chi connectivity index (χ2v) is 6.32. The summed E-state index contributed by atoms with van der Waals surface area (Å²) in [5.74, 6) is -1.34. The minimum Gasteiger partial charge on any atom is -0.344 e. The Morgan fingerprint density at radius 3 is 2.13 bits per heavy atom. The molecule has 0 bridgehead atoms. The van der Waals surface area contributed by atoms with Crippen molar-refractivity contribution in [2.24, 2.45) is 0 Å². The number of hydrogen-bond donors (Lipinski definition) is 2. The lowest BCUT2D eigenvalue weighted by molar-refractivity contribution is -0.136. The van der Waals surface area contributed by atoms with E-state index in [2.05, 4.69) is 36.4 Å². The smallest absolute Gasteiger partial charge is 0.313 e. The second kappa shape index (κ2) is 7.05. The number of nitrogens with one attached hydrogen (secondary N) is 2. The fourth-order valence-electron chi connectivity index (χ4n) is 2.00. The fourth-order valence-corrected chi connectivity index (χ4v) is 2.00. The van der Waals surface area contributed by atoms with Gasteiger partial charge in [-0.15, -0.1) is 0 Å². The quantitative estimate of drug-likeness (QED) is 0.856. The number of anilines is 1. The Morgan fingerprint density at radius 1 is 0.957 bits per heavy atom. The van der Waals surface area contributed by atoms with Crippen LogP contribution in [0.15, 0.2) is 48.8 Å². The van der Waals surface area contributed by atoms with E-state index >= 15 is 0 Å². The predicted molar refractivity (Wildman–Crippen MR) is 89.9 cm³/mol. The van der Waals surface area contributed by atoms with Crippen LogP contribution < -0.4 is 10.6 Å². The van der Waals surface area contributed by atoms with Gasteiger partial charge in [0.1, 0.15) is 0 Å². The molecule has 5 heteroatoms. The van der Waals surface area contributed by atoms with Crippen molar-refractivity contribution in [1.29, 1.82) is 0 Å². The fraction of sp³-hybridized carbons (Fsp3) is 0.278. The molecule has 23 heavy (non-hydrogen) atoms. The molecule has 2 rings (SSSR count). The Hall–Kier alpha value is -2.69. The van der Waals surface area contributed by atoms with Gasteiger partial charge in [-0.25, -0.2) is 0 Å². The molecule has 0 aliphatic carbocycles. The molecule has 0 spiro atoms. The first-order chi connectivity index (χ1) is 10.9. The van der Waals surface area contributed by atoms with Crippen LogP contribution in [0, 0.1) is 0 Å². The van der Waals surface area contributed by atoms with E-state index in [0.29, 0.717) is 5.69 Å². The van der Waals surface area contributed by atoms with E-state index in [1.54, 1.807) is 36.7 Å². The SMILES string of the molecule is CC(C)(C)c1ccc(NC(=O)C(=O)NCc2ccncc2)cc1. The molecule has 2 amide bonds. The minimum atomic E-state index is -0.678. The average molecular weight is 311 g/mol. The topological polar surface area (TPSA) is 71.1 Å². The van der Waals surface area contributed by atoms with Gasteiger partial charge in [-0.3, -0.25) is 14.6 Å². The molecular formula is C18H21N3O2. The van der Waals surface area contributed by atoms with Crippen molar-refractivity contribution in [2.75, 3.05) is 5.32 Å². The third-order valence-electron chi connectivity index (χ3n) is 3.42. The van der Waals surface area contributed by atoms with E-state index in [0.717, 1.165) is 11.1 Å². The lowest BCUT2D eigenvalue weighted by Gasteiger charge is -2.19. The van der Waals surface area contributed by atoms with E-state index in [-0.39, 0.29) is 12.0 Å². The molecule has 1 aromatic carbocycles. The molecule has 0 unspecified atom stereocenters. The van der Waals surface area contributed by atoms with Gasteiger partial charge in [-0.1, -0.05) is 32.9 Å². The third-order valence-corrected chi connectivity index (χ3v) is 3.42. The summed E-state index contributed by atoms with van der Waals surface area (Å²) in [7, 11) is 0. The van der Waals surface area contributed by atoms with Gasteiger partial charge in [0.05, 0.1) is 0 Å². The van der Waals surface area contributed by atoms with Crippen LogP contribution in [-0.4, -0.2) is 16.8 Å². The van der Waals surface area contributed by atoms with Crippen LogP contribution in [0.3, 0.4) is 0 Å². The number of carbonyl (C=O) groups excluding carboxylic acids is 2. The largest absolute Gasteiger partial charge is 0.344 e. The first-order valence-electron chi connectivity index (χ1n) is 7.45. The molecule has 5 nitrogen and oxygen atoms in total. The Bertz CT molecular complexity index is 674. The van der Waals surface area contributed by atoms with Crippen LogP contribution in [0.4, 0.5) is 5.69 Å². The highest BCUT2D eigenvalue weighted by molar-refractivity contribution is 6.39. The van der Waals surface area contributed by atoms with E-state index in [1.165, 1.54) is 0 Å². The lowest BCUT2D eigenvalue weighted by Crippen LogP contribution is -2.34. The zero-order chi connectivity index (χ0) is 16.9. The van der Waals surface area contributed by atoms with E-state index in [4.69, 9.17) is 0 Å². The van der Waals surface area contributed by atoms with Crippen molar-refractivity contribution in [3.05, 3.63) is 59.9 Å². The van der Waals surface area contributed by atoms with Crippen molar-refractivity contribution in [3.63, 3.8) is 0 Å². The zero-order valence-corrected chi connectivity index (χ0v) is 13.6. The number of benzene rings is 1. The molecule has 0 atom stereocenters. The molecule has 0 radical (unpaired) electrons. The monoisotopic (exact) mass is 311 g/mol. The van der Waals surface area contributed by atoms with Gasteiger partial charge in [-0.2, -0.15) is 0 Å². The molecule has 0 saturated heterocycles. The predicted octanol–water partition coefficient (Wildman–Crippen LogP) is 2.63. The van der Waals surface area contributed by atoms with Gasteiger partial charge < -0.3 is 10.6 Å². The van der Waals surface area contributed by atoms with E-state index < -0.39 is 11.8 Å². The number of nitrogens with zero attached hydrogens (tertiary/aromatic N) is 1. The third kappa shape index (κ3) is 4.92. The highest BCUT2D eigenvalue weighted by Crippen LogP contribution is 2.23. The average Bonchev–Trinajstić information content (AvgIpc) is 2.53. The lowest BCUT2D eigenvalue weighted by atomic mass is 9.87. The molecule has 120 valence electrons. The number of amides is 2. The standard InChI is InChI=1S/C18H21N3O2/c1-18(2,3)14-4-6-15(7-5-14)21-17(23)16(22)20-12-13-8-10-19-11-9-13/h4-11H,12H2,1-3H3,(H,20,22)(H,21,23). The summed E-state index contributed by atoms with van der Waals surface area (Å²) in [5.41, 5.74) is 2.69. The molecule has 1 heterocycles. The highest BCUT2D eigenvalue weighted by atomic mass is 16.2. The molecule has 2 aromatic rings. The van der Waals surface area contributed by atoms with Gasteiger partial charge in [-0.05, 0) is 40.8 Å². The zero-order valence-electron chi connectivity index (χ0n) is 13.6. The van der Waals surface area contributed by atoms with Crippen molar-refractivity contribution in [1.82, 2.24) is 10.3 Å². The van der Waals surface area contributed by atoms with Gasteiger partial charge in [0.25, 0.3) is 0 Å². The van der Waals surface area contributed by atoms with Gasteiger partial charge in [0.2, 0.25) is 0 Å².